The minimum atomic E-state index is -0.497. The first-order valence-corrected chi connectivity index (χ1v) is 4.24. The van der Waals surface area contributed by atoms with Gasteiger partial charge in [0.05, 0.1) is 23.5 Å². The quantitative estimate of drug-likeness (QED) is 0.538. The number of hydrogen-bond acceptors (Lipinski definition) is 4. The summed E-state index contributed by atoms with van der Waals surface area (Å²) in [6, 6.07) is 1.95. The highest BCUT2D eigenvalue weighted by atomic mass is 16.6. The van der Waals surface area contributed by atoms with Gasteiger partial charge in [-0.3, -0.25) is 14.8 Å². The van der Waals surface area contributed by atoms with E-state index in [0.717, 1.165) is 6.42 Å². The van der Waals surface area contributed by atoms with Crippen LogP contribution in [0.15, 0.2) is 12.4 Å². The van der Waals surface area contributed by atoms with Crippen LogP contribution in [0, 0.1) is 21.4 Å². The van der Waals surface area contributed by atoms with Crippen molar-refractivity contribution in [1.29, 1.82) is 5.26 Å². The Balaban J connectivity index is 2.84. The molecule has 0 spiro atoms. The monoisotopic (exact) mass is 194 g/mol. The maximum absolute atomic E-state index is 10.4. The van der Waals surface area contributed by atoms with Crippen LogP contribution in [-0.2, 0) is 0 Å². The predicted molar refractivity (Wildman–Crippen MR) is 48.4 cm³/mol. The molecular formula is C8H10N4O2. The van der Waals surface area contributed by atoms with Gasteiger partial charge < -0.3 is 0 Å². The van der Waals surface area contributed by atoms with E-state index in [1.807, 2.05) is 13.0 Å². The van der Waals surface area contributed by atoms with Gasteiger partial charge in [-0.1, -0.05) is 6.92 Å². The highest BCUT2D eigenvalue weighted by molar-refractivity contribution is 5.21. The number of rotatable bonds is 4. The van der Waals surface area contributed by atoms with Gasteiger partial charge in [-0.15, -0.1) is 0 Å². The fraction of sp³-hybridized carbons (Fsp3) is 0.500. The van der Waals surface area contributed by atoms with Crippen LogP contribution in [0.1, 0.15) is 25.8 Å². The van der Waals surface area contributed by atoms with Crippen LogP contribution >= 0.6 is 0 Å². The number of aromatic nitrogens is 2. The van der Waals surface area contributed by atoms with Crippen LogP contribution in [-0.4, -0.2) is 14.7 Å². The lowest BCUT2D eigenvalue weighted by atomic mass is 10.2. The minimum absolute atomic E-state index is 0.0404. The smallest absolute Gasteiger partial charge is 0.261 e. The highest BCUT2D eigenvalue weighted by Gasteiger charge is 2.14. The Bertz CT molecular complexity index is 366. The summed E-state index contributed by atoms with van der Waals surface area (Å²) >= 11 is 0. The second kappa shape index (κ2) is 4.37. The van der Waals surface area contributed by atoms with Crippen molar-refractivity contribution in [2.45, 2.75) is 25.8 Å². The molecule has 0 bridgehead atoms. The van der Waals surface area contributed by atoms with Gasteiger partial charge in [-0.2, -0.15) is 10.4 Å². The molecule has 0 amide bonds. The van der Waals surface area contributed by atoms with E-state index in [0.29, 0.717) is 6.42 Å². The summed E-state index contributed by atoms with van der Waals surface area (Å²) in [6.45, 7) is 1.91. The van der Waals surface area contributed by atoms with Gasteiger partial charge in [0.25, 0.3) is 0 Å². The summed E-state index contributed by atoms with van der Waals surface area (Å²) in [5.74, 6) is 0. The Morgan fingerprint density at radius 3 is 3.00 bits per heavy atom. The van der Waals surface area contributed by atoms with Crippen molar-refractivity contribution in [3.63, 3.8) is 0 Å². The van der Waals surface area contributed by atoms with E-state index in [1.165, 1.54) is 17.1 Å². The molecule has 0 aromatic carbocycles. The van der Waals surface area contributed by atoms with E-state index in [-0.39, 0.29) is 11.7 Å². The van der Waals surface area contributed by atoms with Crippen molar-refractivity contribution >= 4 is 5.69 Å². The lowest BCUT2D eigenvalue weighted by Crippen LogP contribution is -2.07. The number of nitro groups is 1. The molecular weight excluding hydrogens is 184 g/mol. The second-order valence-electron chi connectivity index (χ2n) is 2.86. The van der Waals surface area contributed by atoms with Crippen LogP contribution in [0.5, 0.6) is 0 Å². The second-order valence-corrected chi connectivity index (χ2v) is 2.86. The van der Waals surface area contributed by atoms with Gasteiger partial charge in [-0.05, 0) is 6.42 Å². The molecule has 0 N–H and O–H groups in total. The number of hydrogen-bond donors (Lipinski definition) is 0. The van der Waals surface area contributed by atoms with Gasteiger partial charge in [0, 0.05) is 0 Å². The van der Waals surface area contributed by atoms with Gasteiger partial charge in [0.2, 0.25) is 0 Å². The summed E-state index contributed by atoms with van der Waals surface area (Å²) in [7, 11) is 0. The van der Waals surface area contributed by atoms with Crippen LogP contribution in [0.25, 0.3) is 0 Å². The molecule has 0 aliphatic carbocycles. The van der Waals surface area contributed by atoms with E-state index in [9.17, 15) is 10.1 Å². The highest BCUT2D eigenvalue weighted by Crippen LogP contribution is 2.17. The van der Waals surface area contributed by atoms with Gasteiger partial charge >= 0.3 is 5.69 Å². The molecule has 0 fully saturated rings. The molecule has 0 saturated carbocycles. The Labute approximate surface area is 80.9 Å². The molecule has 6 nitrogen and oxygen atoms in total. The van der Waals surface area contributed by atoms with E-state index in [4.69, 9.17) is 5.26 Å². The molecule has 14 heavy (non-hydrogen) atoms. The Morgan fingerprint density at radius 2 is 2.57 bits per heavy atom. The van der Waals surface area contributed by atoms with Crippen molar-refractivity contribution in [1.82, 2.24) is 9.78 Å². The molecule has 1 aromatic rings. The molecule has 0 radical (unpaired) electrons. The van der Waals surface area contributed by atoms with Crippen molar-refractivity contribution in [2.24, 2.45) is 0 Å². The SMILES string of the molecule is CCC(CC#N)n1cc([N+](=O)[O-])cn1. The lowest BCUT2D eigenvalue weighted by Gasteiger charge is -2.09. The largest absolute Gasteiger partial charge is 0.307 e. The van der Waals surface area contributed by atoms with Crippen LogP contribution in [0.4, 0.5) is 5.69 Å². The summed E-state index contributed by atoms with van der Waals surface area (Å²) in [5.41, 5.74) is -0.0404. The minimum Gasteiger partial charge on any atom is -0.261 e. The number of nitrogens with zero attached hydrogens (tertiary/aromatic N) is 4. The first kappa shape index (κ1) is 10.2. The van der Waals surface area contributed by atoms with Crippen molar-refractivity contribution in [3.05, 3.63) is 22.5 Å². The topological polar surface area (TPSA) is 84.8 Å². The average Bonchev–Trinajstić information content (AvgIpc) is 2.63. The standard InChI is InChI=1S/C8H10N4O2/c1-2-7(3-4-9)11-6-8(5-10-11)12(13)14/h5-7H,2-3H2,1H3. The fourth-order valence-electron chi connectivity index (χ4n) is 1.15. The molecule has 0 saturated heterocycles. The normalized spacial score (nSPS) is 12.0. The Kier molecular flexibility index (Phi) is 3.18. The molecule has 0 aliphatic heterocycles. The average molecular weight is 194 g/mol. The van der Waals surface area contributed by atoms with E-state index >= 15 is 0 Å². The molecule has 6 heteroatoms. The molecule has 1 unspecified atom stereocenters. The molecule has 1 atom stereocenters. The van der Waals surface area contributed by atoms with E-state index in [1.54, 1.807) is 0 Å². The summed E-state index contributed by atoms with van der Waals surface area (Å²) in [5, 5.41) is 22.7. The van der Waals surface area contributed by atoms with Gasteiger partial charge in [0.1, 0.15) is 12.4 Å². The van der Waals surface area contributed by atoms with E-state index < -0.39 is 4.92 Å². The Morgan fingerprint density at radius 1 is 1.86 bits per heavy atom. The molecule has 0 aliphatic rings. The van der Waals surface area contributed by atoms with Gasteiger partial charge in [0.15, 0.2) is 0 Å². The number of nitriles is 1. The first-order valence-electron chi connectivity index (χ1n) is 4.24. The van der Waals surface area contributed by atoms with Crippen LogP contribution < -0.4 is 0 Å². The Hall–Kier alpha value is -1.90. The summed E-state index contributed by atoms with van der Waals surface area (Å²) < 4.78 is 1.47. The fourth-order valence-corrected chi connectivity index (χ4v) is 1.15. The molecule has 1 aromatic heterocycles. The molecule has 1 heterocycles. The molecule has 74 valence electrons. The molecule has 1 rings (SSSR count). The van der Waals surface area contributed by atoms with Crippen molar-refractivity contribution in [3.8, 4) is 6.07 Å². The lowest BCUT2D eigenvalue weighted by molar-refractivity contribution is -0.385. The van der Waals surface area contributed by atoms with Crippen molar-refractivity contribution < 1.29 is 4.92 Å². The van der Waals surface area contributed by atoms with Crippen LogP contribution in [0.3, 0.4) is 0 Å². The zero-order valence-corrected chi connectivity index (χ0v) is 7.75. The summed E-state index contributed by atoms with van der Waals surface area (Å²) in [4.78, 5) is 9.87. The zero-order chi connectivity index (χ0) is 10.6. The predicted octanol–water partition coefficient (Wildman–Crippen LogP) is 1.66. The summed E-state index contributed by atoms with van der Waals surface area (Å²) in [6.07, 6.45) is 3.59. The third-order valence-electron chi connectivity index (χ3n) is 1.97. The van der Waals surface area contributed by atoms with Crippen LogP contribution in [0.2, 0.25) is 0 Å². The third-order valence-corrected chi connectivity index (χ3v) is 1.97. The maximum atomic E-state index is 10.4. The zero-order valence-electron chi connectivity index (χ0n) is 7.75. The van der Waals surface area contributed by atoms with Crippen molar-refractivity contribution in [2.75, 3.05) is 0 Å². The third kappa shape index (κ3) is 2.07. The first-order chi connectivity index (χ1) is 6.69. The van der Waals surface area contributed by atoms with Gasteiger partial charge in [-0.25, -0.2) is 0 Å². The van der Waals surface area contributed by atoms with E-state index in [2.05, 4.69) is 5.10 Å². The maximum Gasteiger partial charge on any atom is 0.307 e.